The molecule has 2 saturated heterocycles. The fourth-order valence-corrected chi connectivity index (χ4v) is 9.63. The van der Waals surface area contributed by atoms with Gasteiger partial charge in [-0.1, -0.05) is 212 Å². The number of ether oxygens (including phenoxy) is 10. The second kappa shape index (κ2) is 28.1. The topological polar surface area (TPSA) is 113 Å². The molecule has 2 aliphatic rings. The Morgan fingerprint density at radius 1 is 0.351 bits per heavy atom. The largest absolute Gasteiger partial charge is 0.390 e. The van der Waals surface area contributed by atoms with E-state index in [0.717, 1.165) is 38.9 Å². The Morgan fingerprint density at radius 2 is 0.649 bits per heavy atom. The van der Waals surface area contributed by atoms with Gasteiger partial charge in [-0.25, -0.2) is 0 Å². The molecule has 11 heteroatoms. The number of methoxy groups -OCH3 is 1. The predicted molar refractivity (Wildman–Crippen MR) is 281 cm³/mol. The number of hydrogen-bond donors (Lipinski definition) is 1. The van der Waals surface area contributed by atoms with E-state index in [1.165, 1.54) is 0 Å². The van der Waals surface area contributed by atoms with Gasteiger partial charge < -0.3 is 52.5 Å². The van der Waals surface area contributed by atoms with Gasteiger partial charge in [0.15, 0.2) is 6.29 Å². The van der Waals surface area contributed by atoms with Gasteiger partial charge in [-0.2, -0.15) is 0 Å². The first-order valence-electron chi connectivity index (χ1n) is 25.6. The molecule has 0 amide bonds. The Labute approximate surface area is 435 Å². The maximum Gasteiger partial charge on any atom is 0.186 e. The van der Waals surface area contributed by atoms with E-state index in [2.05, 4.69) is 0 Å². The van der Waals surface area contributed by atoms with Crippen LogP contribution in [-0.2, 0) is 93.6 Å². The van der Waals surface area contributed by atoms with Crippen LogP contribution >= 0.6 is 0 Å². The highest BCUT2D eigenvalue weighted by Crippen LogP contribution is 2.37. The van der Waals surface area contributed by atoms with Gasteiger partial charge in [-0.05, 0) is 38.9 Å². The van der Waals surface area contributed by atoms with Gasteiger partial charge in [0, 0.05) is 13.5 Å². The van der Waals surface area contributed by atoms with E-state index in [9.17, 15) is 5.11 Å². The third-order valence-corrected chi connectivity index (χ3v) is 13.5. The molecule has 0 unspecified atom stereocenters. The fourth-order valence-electron chi connectivity index (χ4n) is 9.63. The molecule has 0 radical (unpaired) electrons. The molecule has 386 valence electrons. The molecule has 0 aromatic heterocycles. The van der Waals surface area contributed by atoms with E-state index in [4.69, 9.17) is 47.4 Å². The molecule has 11 nitrogen and oxygen atoms in total. The van der Waals surface area contributed by atoms with Crippen molar-refractivity contribution in [1.82, 2.24) is 0 Å². The van der Waals surface area contributed by atoms with Crippen LogP contribution in [0.4, 0.5) is 0 Å². The molecular weight excluding hydrogens is 933 g/mol. The van der Waals surface area contributed by atoms with E-state index in [1.54, 1.807) is 7.11 Å². The Balaban J connectivity index is 1.07. The van der Waals surface area contributed by atoms with Crippen LogP contribution in [-0.4, -0.2) is 86.2 Å². The first kappa shape index (κ1) is 52.9. The van der Waals surface area contributed by atoms with Gasteiger partial charge >= 0.3 is 0 Å². The van der Waals surface area contributed by atoms with E-state index >= 15 is 0 Å². The highest BCUT2D eigenvalue weighted by molar-refractivity contribution is 5.19. The summed E-state index contributed by atoms with van der Waals surface area (Å²) in [5, 5.41) is 13.1. The van der Waals surface area contributed by atoms with Crippen molar-refractivity contribution in [2.24, 2.45) is 0 Å². The lowest BCUT2D eigenvalue weighted by Gasteiger charge is -2.49. The molecule has 7 aromatic carbocycles. The Morgan fingerprint density at radius 3 is 1.01 bits per heavy atom. The molecule has 9 rings (SSSR count). The van der Waals surface area contributed by atoms with Gasteiger partial charge in [-0.15, -0.1) is 0 Å². The summed E-state index contributed by atoms with van der Waals surface area (Å²) in [5.74, 6) is 0. The number of benzene rings is 7. The van der Waals surface area contributed by atoms with Crippen molar-refractivity contribution in [1.29, 1.82) is 0 Å². The van der Waals surface area contributed by atoms with Crippen LogP contribution in [0.3, 0.4) is 0 Å². The summed E-state index contributed by atoms with van der Waals surface area (Å²) >= 11 is 0. The lowest BCUT2D eigenvalue weighted by molar-refractivity contribution is -0.326. The third kappa shape index (κ3) is 15.1. The first-order chi connectivity index (χ1) is 36.6. The maximum atomic E-state index is 13.1. The molecule has 7 aromatic rings. The number of aliphatic hydroxyl groups excluding tert-OH is 1. The standard InChI is InChI=1S/C63H68O11/c1-65-63-62(72-44-52-35-21-8-22-36-52)61(71-43-51-33-19-7-20-34-51)57(67-39-47-25-11-3-12-26-47)54(74-63)37-53(64)56-59(69-41-49-29-15-5-16-30-49)60(70-42-50-31-17-6-18-32-50)58(68-40-48-27-13-4-14-28-48)55(73-56)45-66-38-46-23-9-2-10-24-46/h2-36,53-64H,37-45H2,1H3/t53-,54+,55+,56+,57+,58+,59+,60-,61-,62-,63-/m0/s1. The Hall–Kier alpha value is -5.90. The first-order valence-corrected chi connectivity index (χ1v) is 25.6. The van der Waals surface area contributed by atoms with Crippen molar-refractivity contribution in [3.63, 3.8) is 0 Å². The summed E-state index contributed by atoms with van der Waals surface area (Å²) < 4.78 is 68.3. The Bertz CT molecular complexity index is 2600. The number of hydrogen-bond acceptors (Lipinski definition) is 11. The summed E-state index contributed by atoms with van der Waals surface area (Å²) in [6.45, 7) is 2.02. The van der Waals surface area contributed by atoms with Gasteiger partial charge in [0.05, 0.1) is 65.1 Å². The van der Waals surface area contributed by atoms with Crippen molar-refractivity contribution < 1.29 is 52.5 Å². The van der Waals surface area contributed by atoms with Crippen LogP contribution in [0.25, 0.3) is 0 Å². The molecule has 0 saturated carbocycles. The average molecular weight is 1000 g/mol. The van der Waals surface area contributed by atoms with E-state index in [-0.39, 0.29) is 52.7 Å². The highest BCUT2D eigenvalue weighted by Gasteiger charge is 2.54. The third-order valence-electron chi connectivity index (χ3n) is 13.5. The zero-order chi connectivity index (χ0) is 50.6. The minimum atomic E-state index is -1.22. The van der Waals surface area contributed by atoms with E-state index in [0.29, 0.717) is 6.61 Å². The molecule has 0 spiro atoms. The van der Waals surface area contributed by atoms with Crippen LogP contribution in [0.15, 0.2) is 212 Å². The summed E-state index contributed by atoms with van der Waals surface area (Å²) in [7, 11) is 1.60. The summed E-state index contributed by atoms with van der Waals surface area (Å²) in [5.41, 5.74) is 6.85. The molecule has 11 atom stereocenters. The SMILES string of the molecule is CO[C@H]1O[C@H](C[C@H](O)[C@H]2O[C@H](COCc3ccccc3)[C@@H](OCc3ccccc3)[C@H](OCc3ccccc3)[C@@H]2OCc2ccccc2)[C@@H](OCc2ccccc2)[C@H](OCc2ccccc2)[C@@H]1OCc1ccccc1. The van der Waals surface area contributed by atoms with Crippen molar-refractivity contribution in [3.05, 3.63) is 251 Å². The molecule has 2 fully saturated rings. The van der Waals surface area contributed by atoms with Crippen molar-refractivity contribution in [2.75, 3.05) is 13.7 Å². The molecule has 2 heterocycles. The van der Waals surface area contributed by atoms with Gasteiger partial charge in [-0.3, -0.25) is 0 Å². The molecule has 74 heavy (non-hydrogen) atoms. The van der Waals surface area contributed by atoms with Crippen LogP contribution in [0.1, 0.15) is 45.4 Å². The zero-order valence-corrected chi connectivity index (χ0v) is 42.0. The Kier molecular flexibility index (Phi) is 20.1. The van der Waals surface area contributed by atoms with Crippen LogP contribution in [0, 0.1) is 0 Å². The van der Waals surface area contributed by atoms with E-state index < -0.39 is 67.3 Å². The fraction of sp³-hybridized carbons (Fsp3) is 0.333. The van der Waals surface area contributed by atoms with Gasteiger partial charge in [0.1, 0.15) is 48.8 Å². The summed E-state index contributed by atoms with van der Waals surface area (Å²) in [6.07, 6.45) is -9.05. The minimum absolute atomic E-state index is 0.0321. The monoisotopic (exact) mass is 1000 g/mol. The summed E-state index contributed by atoms with van der Waals surface area (Å²) in [6, 6.07) is 70.0. The smallest absolute Gasteiger partial charge is 0.186 e. The maximum absolute atomic E-state index is 13.1. The van der Waals surface area contributed by atoms with Crippen molar-refractivity contribution >= 4 is 0 Å². The van der Waals surface area contributed by atoms with Crippen LogP contribution < -0.4 is 0 Å². The minimum Gasteiger partial charge on any atom is -0.390 e. The highest BCUT2D eigenvalue weighted by atomic mass is 16.7. The van der Waals surface area contributed by atoms with Gasteiger partial charge in [0.25, 0.3) is 0 Å². The lowest BCUT2D eigenvalue weighted by Crippen LogP contribution is -2.65. The normalized spacial score (nSPS) is 24.3. The predicted octanol–water partition coefficient (Wildman–Crippen LogP) is 10.6. The van der Waals surface area contributed by atoms with Crippen molar-refractivity contribution in [3.8, 4) is 0 Å². The molecular formula is C63H68O11. The van der Waals surface area contributed by atoms with Gasteiger partial charge in [0.2, 0.25) is 0 Å². The second-order valence-electron chi connectivity index (χ2n) is 18.8. The quantitative estimate of drug-likeness (QED) is 0.0560. The molecule has 1 N–H and O–H groups in total. The number of rotatable bonds is 26. The zero-order valence-electron chi connectivity index (χ0n) is 42.0. The second-order valence-corrected chi connectivity index (χ2v) is 18.8. The van der Waals surface area contributed by atoms with E-state index in [1.807, 2.05) is 212 Å². The van der Waals surface area contributed by atoms with Crippen LogP contribution in [0.5, 0.6) is 0 Å². The summed E-state index contributed by atoms with van der Waals surface area (Å²) in [4.78, 5) is 0. The van der Waals surface area contributed by atoms with Crippen LogP contribution in [0.2, 0.25) is 0 Å². The molecule has 0 bridgehead atoms. The lowest BCUT2D eigenvalue weighted by atomic mass is 9.87. The van der Waals surface area contributed by atoms with Crippen molar-refractivity contribution in [2.45, 2.75) is 120 Å². The molecule has 0 aliphatic carbocycles. The number of aliphatic hydroxyl groups is 1. The molecule has 2 aliphatic heterocycles. The average Bonchev–Trinajstić information content (AvgIpc) is 3.46.